The lowest BCUT2D eigenvalue weighted by Gasteiger charge is -2.33. The molecule has 3 heterocycles. The molecule has 1 aromatic heterocycles. The first kappa shape index (κ1) is 18.9. The van der Waals surface area contributed by atoms with Crippen LogP contribution in [-0.2, 0) is 4.74 Å². The zero-order valence-corrected chi connectivity index (χ0v) is 16.7. The van der Waals surface area contributed by atoms with Crippen LogP contribution in [0, 0.1) is 5.92 Å². The molecule has 2 aromatic rings. The van der Waals surface area contributed by atoms with Gasteiger partial charge in [-0.15, -0.1) is 11.3 Å². The predicted octanol–water partition coefficient (Wildman–Crippen LogP) is 4.69. The number of alkyl halides is 1. The van der Waals surface area contributed by atoms with Crippen molar-refractivity contribution in [1.82, 2.24) is 4.90 Å². The predicted molar refractivity (Wildman–Crippen MR) is 111 cm³/mol. The Labute approximate surface area is 165 Å². The lowest BCUT2D eigenvalue weighted by atomic mass is 9.97. The average Bonchev–Trinajstić information content (AvgIpc) is 3.36. The number of hydrogen-bond acceptors (Lipinski definition) is 4. The molecule has 0 amide bonds. The van der Waals surface area contributed by atoms with Gasteiger partial charge >= 0.3 is 0 Å². The molecule has 0 aliphatic carbocycles. The lowest BCUT2D eigenvalue weighted by molar-refractivity contribution is 0.0742. The van der Waals surface area contributed by atoms with E-state index in [1.807, 2.05) is 11.3 Å². The van der Waals surface area contributed by atoms with Crippen LogP contribution >= 0.6 is 11.3 Å². The van der Waals surface area contributed by atoms with Gasteiger partial charge in [0.1, 0.15) is 6.17 Å². The Morgan fingerprint density at radius 3 is 2.59 bits per heavy atom. The van der Waals surface area contributed by atoms with Gasteiger partial charge in [0, 0.05) is 39.3 Å². The maximum atomic E-state index is 13.2. The van der Waals surface area contributed by atoms with Gasteiger partial charge in [0.05, 0.1) is 17.2 Å². The SMILES string of the molecule is F[C@@H]1CCN(CCOCC2CCN(c3ccsc3-c3ccccc3)CC2)C1. The Balaban J connectivity index is 1.21. The lowest BCUT2D eigenvalue weighted by Crippen LogP contribution is -2.35. The highest BCUT2D eigenvalue weighted by molar-refractivity contribution is 7.14. The summed E-state index contributed by atoms with van der Waals surface area (Å²) in [6.45, 7) is 6.11. The van der Waals surface area contributed by atoms with Crippen LogP contribution in [0.25, 0.3) is 10.4 Å². The number of likely N-dealkylation sites (tertiary alicyclic amines) is 1. The van der Waals surface area contributed by atoms with E-state index in [4.69, 9.17) is 4.74 Å². The smallest absolute Gasteiger partial charge is 0.114 e. The summed E-state index contributed by atoms with van der Waals surface area (Å²) in [5.41, 5.74) is 2.69. The van der Waals surface area contributed by atoms with E-state index in [9.17, 15) is 4.39 Å². The topological polar surface area (TPSA) is 15.7 Å². The van der Waals surface area contributed by atoms with E-state index in [0.717, 1.165) is 39.4 Å². The molecular formula is C22H29FN2OS. The second kappa shape index (κ2) is 9.18. The first-order valence-corrected chi connectivity index (χ1v) is 11.0. The Bertz CT molecular complexity index is 699. The van der Waals surface area contributed by atoms with Crippen molar-refractivity contribution in [3.63, 3.8) is 0 Å². The van der Waals surface area contributed by atoms with Crippen LogP contribution in [0.1, 0.15) is 19.3 Å². The quantitative estimate of drug-likeness (QED) is 0.640. The van der Waals surface area contributed by atoms with Crippen molar-refractivity contribution in [2.75, 3.05) is 50.8 Å². The van der Waals surface area contributed by atoms with Crippen LogP contribution in [0.15, 0.2) is 41.8 Å². The van der Waals surface area contributed by atoms with Gasteiger partial charge in [-0.2, -0.15) is 0 Å². The molecule has 1 aromatic carbocycles. The van der Waals surface area contributed by atoms with Crippen molar-refractivity contribution < 1.29 is 9.13 Å². The van der Waals surface area contributed by atoms with E-state index in [0.29, 0.717) is 18.9 Å². The second-order valence-electron chi connectivity index (χ2n) is 7.69. The van der Waals surface area contributed by atoms with Crippen molar-refractivity contribution in [1.29, 1.82) is 0 Å². The van der Waals surface area contributed by atoms with Crippen LogP contribution in [-0.4, -0.2) is 57.0 Å². The Hall–Kier alpha value is -1.43. The fourth-order valence-electron chi connectivity index (χ4n) is 4.13. The van der Waals surface area contributed by atoms with Crippen LogP contribution < -0.4 is 4.90 Å². The fourth-order valence-corrected chi connectivity index (χ4v) is 5.05. The Morgan fingerprint density at radius 1 is 1.04 bits per heavy atom. The monoisotopic (exact) mass is 388 g/mol. The summed E-state index contributed by atoms with van der Waals surface area (Å²) in [4.78, 5) is 6.08. The average molecular weight is 389 g/mol. The van der Waals surface area contributed by atoms with Crippen LogP contribution in [0.4, 0.5) is 10.1 Å². The van der Waals surface area contributed by atoms with Crippen molar-refractivity contribution >= 4 is 17.0 Å². The van der Waals surface area contributed by atoms with E-state index in [1.165, 1.54) is 29.0 Å². The molecule has 0 radical (unpaired) electrons. The first-order chi connectivity index (χ1) is 13.3. The first-order valence-electron chi connectivity index (χ1n) is 10.1. The summed E-state index contributed by atoms with van der Waals surface area (Å²) < 4.78 is 19.1. The molecule has 27 heavy (non-hydrogen) atoms. The number of ether oxygens (including phenoxy) is 1. The van der Waals surface area contributed by atoms with Gasteiger partial charge in [-0.1, -0.05) is 30.3 Å². The number of piperidine rings is 1. The molecule has 4 rings (SSSR count). The molecule has 2 fully saturated rings. The molecule has 2 aliphatic heterocycles. The standard InChI is InChI=1S/C22H29FN2OS/c23-20-8-10-24(16-20)13-14-26-17-18-6-11-25(12-7-18)21-9-15-27-22(21)19-4-2-1-3-5-19/h1-5,9,15,18,20H,6-8,10-14,16-17H2/t20-/m1/s1. The minimum atomic E-state index is -0.632. The number of halogens is 1. The van der Waals surface area contributed by atoms with Crippen molar-refractivity contribution in [3.8, 4) is 10.4 Å². The summed E-state index contributed by atoms with van der Waals surface area (Å²) in [6, 6.07) is 12.9. The van der Waals surface area contributed by atoms with E-state index >= 15 is 0 Å². The molecule has 2 saturated heterocycles. The van der Waals surface area contributed by atoms with E-state index in [-0.39, 0.29) is 0 Å². The van der Waals surface area contributed by atoms with Gasteiger partial charge in [-0.25, -0.2) is 4.39 Å². The number of thiophene rings is 1. The number of hydrogen-bond donors (Lipinski definition) is 0. The maximum absolute atomic E-state index is 13.2. The van der Waals surface area contributed by atoms with Gasteiger partial charge in [0.2, 0.25) is 0 Å². The molecule has 3 nitrogen and oxygen atoms in total. The largest absolute Gasteiger partial charge is 0.380 e. The molecule has 1 atom stereocenters. The zero-order valence-electron chi connectivity index (χ0n) is 15.9. The number of nitrogens with zero attached hydrogens (tertiary/aromatic N) is 2. The molecule has 0 bridgehead atoms. The summed E-state index contributed by atoms with van der Waals surface area (Å²) in [6.07, 6.45) is 2.42. The Kier molecular flexibility index (Phi) is 6.43. The van der Waals surface area contributed by atoms with E-state index < -0.39 is 6.17 Å². The summed E-state index contributed by atoms with van der Waals surface area (Å²) in [5, 5.41) is 2.20. The van der Waals surface area contributed by atoms with Gasteiger partial charge in [0.15, 0.2) is 0 Å². The van der Waals surface area contributed by atoms with Gasteiger partial charge in [-0.3, -0.25) is 4.90 Å². The third-order valence-electron chi connectivity index (χ3n) is 5.76. The molecule has 5 heteroatoms. The summed E-state index contributed by atoms with van der Waals surface area (Å²) >= 11 is 1.83. The molecule has 0 unspecified atom stereocenters. The summed E-state index contributed by atoms with van der Waals surface area (Å²) in [5.74, 6) is 0.646. The van der Waals surface area contributed by atoms with Crippen LogP contribution in [0.3, 0.4) is 0 Å². The van der Waals surface area contributed by atoms with Gasteiger partial charge in [0.25, 0.3) is 0 Å². The number of anilines is 1. The molecular weight excluding hydrogens is 359 g/mol. The normalized spacial score (nSPS) is 21.8. The molecule has 146 valence electrons. The third-order valence-corrected chi connectivity index (χ3v) is 6.71. The highest BCUT2D eigenvalue weighted by Gasteiger charge is 2.23. The van der Waals surface area contributed by atoms with Crippen molar-refractivity contribution in [3.05, 3.63) is 41.8 Å². The van der Waals surface area contributed by atoms with Crippen LogP contribution in [0.5, 0.6) is 0 Å². The summed E-state index contributed by atoms with van der Waals surface area (Å²) in [7, 11) is 0. The van der Waals surface area contributed by atoms with Crippen LogP contribution in [0.2, 0.25) is 0 Å². The van der Waals surface area contributed by atoms with E-state index in [1.54, 1.807) is 0 Å². The van der Waals surface area contributed by atoms with Crippen molar-refractivity contribution in [2.24, 2.45) is 5.92 Å². The van der Waals surface area contributed by atoms with E-state index in [2.05, 4.69) is 51.6 Å². The van der Waals surface area contributed by atoms with Gasteiger partial charge < -0.3 is 9.64 Å². The molecule has 0 N–H and O–H groups in total. The zero-order chi connectivity index (χ0) is 18.5. The highest BCUT2D eigenvalue weighted by atomic mass is 32.1. The third kappa shape index (κ3) is 4.89. The minimum absolute atomic E-state index is 0.589. The van der Waals surface area contributed by atoms with Gasteiger partial charge in [-0.05, 0) is 42.2 Å². The minimum Gasteiger partial charge on any atom is -0.380 e. The maximum Gasteiger partial charge on any atom is 0.114 e. The molecule has 2 aliphatic rings. The number of benzene rings is 1. The highest BCUT2D eigenvalue weighted by Crippen LogP contribution is 2.37. The molecule has 0 spiro atoms. The fraction of sp³-hybridized carbons (Fsp3) is 0.545. The number of rotatable bonds is 7. The second-order valence-corrected chi connectivity index (χ2v) is 8.61. The molecule has 0 saturated carbocycles. The van der Waals surface area contributed by atoms with Crippen molar-refractivity contribution in [2.45, 2.75) is 25.4 Å². The Morgan fingerprint density at radius 2 is 1.85 bits per heavy atom.